The molecule has 0 unspecified atom stereocenters. The molecule has 0 heterocycles. The molecule has 0 heteroatoms. The molecule has 0 saturated heterocycles. The van der Waals surface area contributed by atoms with Crippen LogP contribution >= 0.6 is 0 Å². The Morgan fingerprint density at radius 1 is 0.184 bits per heavy atom. The van der Waals surface area contributed by atoms with E-state index in [2.05, 4.69) is 377 Å². The zero-order chi connectivity index (χ0) is 104. The second kappa shape index (κ2) is 32.7. The summed E-state index contributed by atoms with van der Waals surface area (Å²) in [5.74, 6) is 0. The highest BCUT2D eigenvalue weighted by atomic mass is 14.6. The minimum atomic E-state index is -1.58. The lowest BCUT2D eigenvalue weighted by molar-refractivity contribution is 0.776. The summed E-state index contributed by atoms with van der Waals surface area (Å²) in [5, 5.41) is 5.30. The van der Waals surface area contributed by atoms with Crippen LogP contribution in [0.15, 0.2) is 140 Å². The first-order valence-electron chi connectivity index (χ1n) is 54.1. The molecule has 8 aliphatic rings. The summed E-state index contributed by atoms with van der Waals surface area (Å²) in [6.45, 7) is 88.2. The summed E-state index contributed by atoms with van der Waals surface area (Å²) in [5.41, 5.74) is 88.1. The number of allylic oxidation sites excluding steroid dienone is 3. The third-order valence-electron chi connectivity index (χ3n) is 39.2. The normalized spacial score (nSPS) is 15.3. The van der Waals surface area contributed by atoms with Gasteiger partial charge < -0.3 is 0 Å². The predicted molar refractivity (Wildman–Crippen MR) is 611 cm³/mol. The van der Waals surface area contributed by atoms with Crippen molar-refractivity contribution in [2.24, 2.45) is 0 Å². The maximum Gasteiger partial charge on any atom is 0.0658 e. The minimum absolute atomic E-state index is 0.430. The standard InChI is InChI=1S/C47H46.2C46H46.C2H6/c1-23-24(2)30(8)42-41(29(23)7)43-31(9)25(3)27(5)33(11)45(43)47(46-34(12)28(6)26(4)32(10)44(42)46)22-21-39-38-18-17-35-15-13-14-16-36(35)37(38)19-20-40(39)47;1-22-23(2)29(8)41-40(28(22)7)42-30(9)24(3)26(5)32(11)44(42)46(45-33(12)27(6)25(4)31(10)43(41)45)18-17-35-20-38-36(21-39(35)46)19-34-15-13-14-16-37(34)38;1-22-23(2)29(8)40-39(28(22)7)41-30(9)24(3)26(5)32(11)44(41)46(45-33(12)27(6)25(4)31(10)42(40)45)20-19-37-38(46)18-17-35-21-34-15-13-14-16-36(34)43(35)37;1-2/h13-22H,1-12H3;13-18,20-21H,19H2,1-12H3;13-20H,21H2,1-12H3;1-2H3/i;19T2;21T2;. The smallest absolute Gasteiger partial charge is 0.0658 e. The van der Waals surface area contributed by atoms with E-state index in [0.29, 0.717) is 0 Å². The molecule has 8 aliphatic carbocycles. The first-order chi connectivity index (χ1) is 68.5. The highest BCUT2D eigenvalue weighted by molar-refractivity contribution is 6.13. The van der Waals surface area contributed by atoms with E-state index in [9.17, 15) is 5.48 Å². The second-order valence-corrected chi connectivity index (χ2v) is 43.9. The Balaban J connectivity index is 0.000000127. The van der Waals surface area contributed by atoms with E-state index >= 15 is 0 Å². The van der Waals surface area contributed by atoms with Gasteiger partial charge in [0.15, 0.2) is 0 Å². The Kier molecular flexibility index (Phi) is 20.7. The molecule has 0 amide bonds. The Labute approximate surface area is 849 Å². The van der Waals surface area contributed by atoms with Crippen molar-refractivity contribution >= 4 is 39.8 Å². The average Bonchev–Trinajstić information content (AvgIpc) is 1.51. The monoisotopic (exact) mass is 1850 g/mol. The van der Waals surface area contributed by atoms with Gasteiger partial charge in [-0.15, -0.1) is 0 Å². The van der Waals surface area contributed by atoms with Crippen molar-refractivity contribution in [1.29, 1.82) is 0 Å². The van der Waals surface area contributed by atoms with Crippen molar-refractivity contribution in [1.82, 2.24) is 0 Å². The van der Waals surface area contributed by atoms with Gasteiger partial charge in [-0.25, -0.2) is 0 Å². The molecule has 0 fully saturated rings. The van der Waals surface area contributed by atoms with Gasteiger partial charge in [-0.05, 0) is 668 Å². The third kappa shape index (κ3) is 12.0. The zero-order valence-electron chi connectivity index (χ0n) is 95.5. The quantitative estimate of drug-likeness (QED) is 0.133. The molecular weight excluding hydrogens is 1690 g/mol. The maximum atomic E-state index is 9.48. The SMILES string of the molecule is CC.Cc1c(C)c(C)c2c(c1C)-c1c(C)c(C)c(C)c(C)c1C1(C=Cc3c1ccc1c3ccc3ccccc31)c1c(C)c(C)c(C)c(C)c1-2.[3H]C1([3H])c2ccccc2-c2c1ccc1c2C=CC12c1c(C)c(C)c(C)c(C)c1-c1c(C)c(C)c(C)c(C)c1-c1c(C)c(C)c(C)c(C)c12.[3H]C1([3H])c2ccccc2-c2cc3c(cc21)C1(C=C3)c2c(C)c(C)c(C)c(C)c2-c2c(C)c(C)c(C)c(C)c2-c2c(C)c(C)c(C)c(C)c21. The Hall–Kier alpha value is -12.7. The molecule has 141 heavy (non-hydrogen) atoms. The van der Waals surface area contributed by atoms with E-state index in [-0.39, 0.29) is 0 Å². The van der Waals surface area contributed by atoms with Crippen molar-refractivity contribution in [3.63, 3.8) is 0 Å². The molecule has 16 aromatic carbocycles. The number of fused-ring (bicyclic) bond motifs is 38. The molecule has 0 N–H and O–H groups in total. The summed E-state index contributed by atoms with van der Waals surface area (Å²) in [4.78, 5) is 0. The summed E-state index contributed by atoms with van der Waals surface area (Å²) < 4.78 is 37.5. The van der Waals surface area contributed by atoms with Crippen LogP contribution in [0.2, 0.25) is 0 Å². The molecule has 0 nitrogen and oxygen atoms in total. The van der Waals surface area contributed by atoms with E-state index in [1.807, 2.05) is 44.2 Å². The Bertz CT molecular complexity index is 8520. The molecule has 0 saturated carbocycles. The van der Waals surface area contributed by atoms with Gasteiger partial charge in [0.05, 0.1) is 16.2 Å². The topological polar surface area (TPSA) is 0 Å². The van der Waals surface area contributed by atoms with Crippen LogP contribution in [0, 0.1) is 249 Å². The highest BCUT2D eigenvalue weighted by Crippen LogP contribution is 2.68. The zero-order valence-corrected chi connectivity index (χ0v) is 91.5. The highest BCUT2D eigenvalue weighted by Gasteiger charge is 2.54. The molecule has 3 spiro atoms. The fraction of sp³-hybridized carbons (Fsp3) is 0.305. The first kappa shape index (κ1) is 89.6. The predicted octanol–water partition coefficient (Wildman–Crippen LogP) is 37.7. The minimum Gasteiger partial charge on any atom is -0.0683 e. The second-order valence-electron chi connectivity index (χ2n) is 43.9. The molecule has 0 bridgehead atoms. The summed E-state index contributed by atoms with van der Waals surface area (Å²) >= 11 is 0. The van der Waals surface area contributed by atoms with Crippen LogP contribution in [-0.4, -0.2) is 0 Å². The molecule has 16 aromatic rings. The first-order valence-corrected chi connectivity index (χ1v) is 52.1. The van der Waals surface area contributed by atoms with Crippen molar-refractivity contribution in [3.8, 4) is 89.0 Å². The van der Waals surface area contributed by atoms with Gasteiger partial charge in [-0.3, -0.25) is 0 Å². The molecule has 708 valence electrons. The molecule has 24 rings (SSSR count). The fourth-order valence-corrected chi connectivity index (χ4v) is 28.6. The van der Waals surface area contributed by atoms with E-state index in [1.54, 1.807) is 0 Å². The lowest BCUT2D eigenvalue weighted by atomic mass is 9.63. The summed E-state index contributed by atoms with van der Waals surface area (Å²) in [7, 11) is 0. The van der Waals surface area contributed by atoms with Crippen molar-refractivity contribution < 1.29 is 5.48 Å². The molecular formula is C141H144. The van der Waals surface area contributed by atoms with Gasteiger partial charge in [0, 0.05) is 5.48 Å². The molecule has 0 radical (unpaired) electrons. The summed E-state index contributed by atoms with van der Waals surface area (Å²) in [6, 6.07) is 43.5. The van der Waals surface area contributed by atoms with E-state index in [0.717, 1.165) is 50.1 Å². The lowest BCUT2D eigenvalue weighted by Gasteiger charge is -2.38. The number of rotatable bonds is 0. The van der Waals surface area contributed by atoms with Crippen LogP contribution in [0.25, 0.3) is 129 Å². The van der Waals surface area contributed by atoms with E-state index < -0.39 is 29.0 Å². The van der Waals surface area contributed by atoms with E-state index in [1.165, 1.54) is 350 Å². The van der Waals surface area contributed by atoms with Crippen LogP contribution in [0.3, 0.4) is 0 Å². The largest absolute Gasteiger partial charge is 0.0683 e. The molecule has 0 atom stereocenters. The van der Waals surface area contributed by atoms with Crippen molar-refractivity contribution in [2.75, 3.05) is 0 Å². The number of benzene rings is 16. The van der Waals surface area contributed by atoms with Gasteiger partial charge in [0.25, 0.3) is 0 Å². The van der Waals surface area contributed by atoms with Crippen LogP contribution in [0.4, 0.5) is 0 Å². The van der Waals surface area contributed by atoms with Crippen molar-refractivity contribution in [3.05, 3.63) is 429 Å². The van der Waals surface area contributed by atoms with E-state index in [4.69, 9.17) is 0 Å². The van der Waals surface area contributed by atoms with Gasteiger partial charge in [0.2, 0.25) is 0 Å². The fourth-order valence-electron chi connectivity index (χ4n) is 28.6. The number of hydrogen-bond donors (Lipinski definition) is 0. The summed E-state index contributed by atoms with van der Waals surface area (Å²) in [6.07, 6.45) is 11.6. The Morgan fingerprint density at radius 2 is 0.454 bits per heavy atom. The number of hydrogen-bond acceptors (Lipinski definition) is 0. The van der Waals surface area contributed by atoms with Crippen LogP contribution in [0.5, 0.6) is 0 Å². The van der Waals surface area contributed by atoms with Gasteiger partial charge in [-0.1, -0.05) is 166 Å². The molecule has 0 aliphatic heterocycles. The van der Waals surface area contributed by atoms with Crippen LogP contribution in [-0.2, 0) is 29.0 Å². The van der Waals surface area contributed by atoms with Crippen LogP contribution in [0.1, 0.15) is 309 Å². The third-order valence-corrected chi connectivity index (χ3v) is 39.2. The maximum absolute atomic E-state index is 9.48. The average molecular weight is 1850 g/mol. The van der Waals surface area contributed by atoms with Crippen LogP contribution < -0.4 is 0 Å². The van der Waals surface area contributed by atoms with Gasteiger partial charge in [0.1, 0.15) is 0 Å². The van der Waals surface area contributed by atoms with Gasteiger partial charge >= 0.3 is 0 Å². The van der Waals surface area contributed by atoms with Crippen molar-refractivity contribution in [2.45, 2.75) is 292 Å². The van der Waals surface area contributed by atoms with Gasteiger partial charge in [-0.2, -0.15) is 0 Å². The lowest BCUT2D eigenvalue weighted by Crippen LogP contribution is -2.30. The molecule has 0 aromatic heterocycles. The Morgan fingerprint density at radius 3 is 0.823 bits per heavy atom.